The van der Waals surface area contributed by atoms with Gasteiger partial charge < -0.3 is 4.90 Å². The Morgan fingerprint density at radius 3 is 2.57 bits per heavy atom. The summed E-state index contributed by atoms with van der Waals surface area (Å²) in [6, 6.07) is 7.98. The van der Waals surface area contributed by atoms with Crippen molar-refractivity contribution in [3.8, 4) is 22.3 Å². The predicted molar refractivity (Wildman–Crippen MR) is 88.5 cm³/mol. The minimum Gasteiger partial charge on any atom is -0.310 e. The second-order valence-corrected chi connectivity index (χ2v) is 5.95. The number of fused-ring (bicyclic) bond motifs is 5. The van der Waals surface area contributed by atoms with Crippen molar-refractivity contribution in [1.29, 1.82) is 0 Å². The highest BCUT2D eigenvalue weighted by Crippen LogP contribution is 2.47. The van der Waals surface area contributed by atoms with E-state index in [9.17, 15) is 0 Å². The van der Waals surface area contributed by atoms with Crippen molar-refractivity contribution in [2.75, 3.05) is 11.4 Å². The number of hydrogen-bond donors (Lipinski definition) is 0. The lowest BCUT2D eigenvalue weighted by Gasteiger charge is -2.22. The van der Waals surface area contributed by atoms with Gasteiger partial charge >= 0.3 is 0 Å². The first kappa shape index (κ1) is 12.8. The van der Waals surface area contributed by atoms with Crippen LogP contribution in [0, 0.1) is 0 Å². The van der Waals surface area contributed by atoms with Gasteiger partial charge in [0.05, 0.1) is 0 Å². The molecule has 1 aliphatic heterocycles. The van der Waals surface area contributed by atoms with Gasteiger partial charge in [-0.3, -0.25) is 0 Å². The maximum atomic E-state index is 6.12. The number of aromatic nitrogens is 2. The van der Waals surface area contributed by atoms with Gasteiger partial charge in [-0.25, -0.2) is 9.97 Å². The Balaban J connectivity index is 2.13. The third-order valence-electron chi connectivity index (χ3n) is 3.70. The minimum atomic E-state index is 0.503. The van der Waals surface area contributed by atoms with Crippen LogP contribution in [0.5, 0.6) is 0 Å². The van der Waals surface area contributed by atoms with Crippen LogP contribution in [0.15, 0.2) is 41.2 Å². The first-order chi connectivity index (χ1) is 10.3. The summed E-state index contributed by atoms with van der Waals surface area (Å²) in [6.07, 6.45) is 1.82. The van der Waals surface area contributed by atoms with Gasteiger partial charge in [0.15, 0.2) is 0 Å². The van der Waals surface area contributed by atoms with Gasteiger partial charge in [0.2, 0.25) is 0 Å². The van der Waals surface area contributed by atoms with E-state index in [0.717, 1.165) is 29.3 Å². The average molecular weight is 314 g/mol. The van der Waals surface area contributed by atoms with Crippen molar-refractivity contribution in [3.63, 3.8) is 0 Å². The molecule has 3 nitrogen and oxygen atoms in total. The lowest BCUT2D eigenvalue weighted by atomic mass is 10.0. The highest BCUT2D eigenvalue weighted by atomic mass is 35.5. The molecule has 0 radical (unpaired) electrons. The zero-order valence-electron chi connectivity index (χ0n) is 11.4. The Morgan fingerprint density at radius 1 is 1.05 bits per heavy atom. The smallest absolute Gasteiger partial charge is 0.143 e. The van der Waals surface area contributed by atoms with Gasteiger partial charge in [-0.15, -0.1) is 0 Å². The zero-order chi connectivity index (χ0) is 14.4. The van der Waals surface area contributed by atoms with Crippen LogP contribution in [0.25, 0.3) is 22.3 Å². The summed E-state index contributed by atoms with van der Waals surface area (Å²) in [4.78, 5) is 11.3. The van der Waals surface area contributed by atoms with Crippen molar-refractivity contribution in [3.05, 3.63) is 46.4 Å². The third kappa shape index (κ3) is 1.87. The molecule has 0 amide bonds. The second-order valence-electron chi connectivity index (χ2n) is 4.82. The Hall–Kier alpha value is -1.91. The van der Waals surface area contributed by atoms with E-state index in [1.54, 1.807) is 11.3 Å². The van der Waals surface area contributed by atoms with E-state index in [4.69, 9.17) is 11.6 Å². The van der Waals surface area contributed by atoms with Gasteiger partial charge in [-0.05, 0) is 41.9 Å². The number of hydrogen-bond acceptors (Lipinski definition) is 4. The zero-order valence-corrected chi connectivity index (χ0v) is 12.9. The normalized spacial score (nSPS) is 12.4. The van der Waals surface area contributed by atoms with Crippen LogP contribution in [-0.4, -0.2) is 16.5 Å². The molecule has 104 valence electrons. The summed E-state index contributed by atoms with van der Waals surface area (Å²) in [7, 11) is 0. The van der Waals surface area contributed by atoms with Gasteiger partial charge in [0.25, 0.3) is 0 Å². The topological polar surface area (TPSA) is 29.0 Å². The quantitative estimate of drug-likeness (QED) is 0.592. The van der Waals surface area contributed by atoms with Crippen LogP contribution in [0.1, 0.15) is 6.92 Å². The molecule has 0 spiro atoms. The van der Waals surface area contributed by atoms with E-state index in [1.807, 2.05) is 24.4 Å². The molecule has 3 aromatic rings. The number of pyridine rings is 2. The maximum Gasteiger partial charge on any atom is 0.143 e. The standard InChI is InChI=1S/C16H12ClN3S/c1-2-20-15-10(4-3-7-18-15)12-8-21-9-13(12)11-5-6-14(17)19-16(11)20/h3-9H,2H2,1H3. The number of nitrogens with zero attached hydrogens (tertiary/aromatic N) is 3. The number of halogens is 1. The minimum absolute atomic E-state index is 0.503. The molecule has 21 heavy (non-hydrogen) atoms. The Bertz CT molecular complexity index is 828. The van der Waals surface area contributed by atoms with Gasteiger partial charge in [0.1, 0.15) is 16.8 Å². The fourth-order valence-corrected chi connectivity index (χ4v) is 3.77. The van der Waals surface area contributed by atoms with Crippen molar-refractivity contribution >= 4 is 34.6 Å². The summed E-state index contributed by atoms with van der Waals surface area (Å²) >= 11 is 7.82. The molecule has 0 N–H and O–H groups in total. The summed E-state index contributed by atoms with van der Waals surface area (Å²) < 4.78 is 0. The highest BCUT2D eigenvalue weighted by Gasteiger charge is 2.26. The second kappa shape index (κ2) is 4.83. The van der Waals surface area contributed by atoms with Crippen LogP contribution < -0.4 is 4.90 Å². The molecule has 0 saturated carbocycles. The molecule has 5 heteroatoms. The molecule has 4 rings (SSSR count). The predicted octanol–water partition coefficient (Wildman–Crippen LogP) is 5.00. The SMILES string of the molecule is CCN1c2ncccc2-c2cscc2-c2ccc(Cl)nc21. The van der Waals surface area contributed by atoms with E-state index in [1.165, 1.54) is 11.1 Å². The van der Waals surface area contributed by atoms with E-state index < -0.39 is 0 Å². The van der Waals surface area contributed by atoms with E-state index in [-0.39, 0.29) is 0 Å². The molecule has 0 saturated heterocycles. The molecule has 0 aliphatic carbocycles. The van der Waals surface area contributed by atoms with Gasteiger partial charge in [0, 0.05) is 35.0 Å². The fourth-order valence-electron chi connectivity index (χ4n) is 2.78. The number of thiophene rings is 1. The highest BCUT2D eigenvalue weighted by molar-refractivity contribution is 7.08. The lowest BCUT2D eigenvalue weighted by Crippen LogP contribution is -2.19. The molecule has 0 atom stereocenters. The van der Waals surface area contributed by atoms with Crippen LogP contribution >= 0.6 is 22.9 Å². The van der Waals surface area contributed by atoms with Gasteiger partial charge in [-0.2, -0.15) is 11.3 Å². The summed E-state index contributed by atoms with van der Waals surface area (Å²) in [5, 5.41) is 4.84. The molecule has 1 aliphatic rings. The van der Waals surface area contributed by atoms with E-state index in [0.29, 0.717) is 5.15 Å². The van der Waals surface area contributed by atoms with Crippen LogP contribution in [-0.2, 0) is 0 Å². The Labute approximate surface area is 131 Å². The van der Waals surface area contributed by atoms with Crippen molar-refractivity contribution in [1.82, 2.24) is 9.97 Å². The van der Waals surface area contributed by atoms with Crippen molar-refractivity contribution < 1.29 is 0 Å². The molecule has 0 bridgehead atoms. The maximum absolute atomic E-state index is 6.12. The van der Waals surface area contributed by atoms with Crippen LogP contribution in [0.4, 0.5) is 11.6 Å². The monoisotopic (exact) mass is 313 g/mol. The molecule has 4 heterocycles. The van der Waals surface area contributed by atoms with E-state index >= 15 is 0 Å². The largest absolute Gasteiger partial charge is 0.310 e. The first-order valence-corrected chi connectivity index (χ1v) is 8.07. The molecule has 3 aromatic heterocycles. The molecule has 0 unspecified atom stereocenters. The van der Waals surface area contributed by atoms with Crippen LogP contribution in [0.2, 0.25) is 5.15 Å². The van der Waals surface area contributed by atoms with Crippen molar-refractivity contribution in [2.45, 2.75) is 6.92 Å². The Morgan fingerprint density at radius 2 is 1.81 bits per heavy atom. The third-order valence-corrected chi connectivity index (χ3v) is 4.65. The number of rotatable bonds is 1. The lowest BCUT2D eigenvalue weighted by molar-refractivity contribution is 0.967. The summed E-state index contributed by atoms with van der Waals surface area (Å²) in [5.41, 5.74) is 4.66. The fraction of sp³-hybridized carbons (Fsp3) is 0.125. The Kier molecular flexibility index (Phi) is 2.94. The van der Waals surface area contributed by atoms with Gasteiger partial charge in [-0.1, -0.05) is 11.6 Å². The first-order valence-electron chi connectivity index (χ1n) is 6.75. The average Bonchev–Trinajstić information content (AvgIpc) is 2.94. The molecular formula is C16H12ClN3S. The molecule has 0 aromatic carbocycles. The molecular weight excluding hydrogens is 302 g/mol. The summed E-state index contributed by atoms with van der Waals surface area (Å²) in [6.45, 7) is 2.89. The van der Waals surface area contributed by atoms with E-state index in [2.05, 4.69) is 38.6 Å². The number of anilines is 2. The molecule has 0 fully saturated rings. The van der Waals surface area contributed by atoms with Crippen molar-refractivity contribution in [2.24, 2.45) is 0 Å². The van der Waals surface area contributed by atoms with Crippen LogP contribution in [0.3, 0.4) is 0 Å². The summed E-state index contributed by atoms with van der Waals surface area (Å²) in [5.74, 6) is 1.82.